The molecule has 1 aromatic carbocycles. The summed E-state index contributed by atoms with van der Waals surface area (Å²) in [7, 11) is 1.84. The Kier molecular flexibility index (Phi) is 3.79. The lowest BCUT2D eigenvalue weighted by Crippen LogP contribution is -2.08. The van der Waals surface area contributed by atoms with Crippen LogP contribution in [-0.4, -0.2) is 27.1 Å². The van der Waals surface area contributed by atoms with Crippen LogP contribution >= 0.6 is 0 Å². The van der Waals surface area contributed by atoms with Gasteiger partial charge in [-0.05, 0) is 25.1 Å². The van der Waals surface area contributed by atoms with E-state index in [-0.39, 0.29) is 5.78 Å². The number of ketones is 1. The maximum Gasteiger partial charge on any atom is 0.161 e. The molecule has 0 unspecified atom stereocenters. The minimum Gasteiger partial charge on any atom is -0.398 e. The molecule has 1 aromatic heterocycles. The van der Waals surface area contributed by atoms with Crippen LogP contribution in [0.2, 0.25) is 0 Å². The Hall–Kier alpha value is -2.37. The number of hydrogen-bond acceptors (Lipinski definition) is 5. The Morgan fingerprint density at radius 3 is 2.89 bits per heavy atom. The van der Waals surface area contributed by atoms with Crippen molar-refractivity contribution in [2.24, 2.45) is 7.05 Å². The van der Waals surface area contributed by atoms with E-state index in [0.29, 0.717) is 17.8 Å². The second-order valence-corrected chi connectivity index (χ2v) is 4.37. The molecule has 2 aromatic rings. The Labute approximate surface area is 111 Å². The van der Waals surface area contributed by atoms with Gasteiger partial charge in [0.2, 0.25) is 0 Å². The molecular weight excluding hydrogens is 242 g/mol. The van der Waals surface area contributed by atoms with Gasteiger partial charge in [-0.2, -0.15) is 5.10 Å². The molecule has 0 aliphatic heterocycles. The number of nitrogen functional groups attached to an aromatic ring is 1. The van der Waals surface area contributed by atoms with Crippen molar-refractivity contribution in [2.75, 3.05) is 17.6 Å². The van der Waals surface area contributed by atoms with Crippen molar-refractivity contribution in [3.63, 3.8) is 0 Å². The van der Waals surface area contributed by atoms with E-state index in [2.05, 4.69) is 15.4 Å². The van der Waals surface area contributed by atoms with Crippen LogP contribution in [0.3, 0.4) is 0 Å². The molecule has 3 N–H and O–H groups in total. The van der Waals surface area contributed by atoms with Crippen molar-refractivity contribution in [1.29, 1.82) is 0 Å². The molecule has 6 nitrogen and oxygen atoms in total. The molecule has 2 rings (SSSR count). The zero-order valence-corrected chi connectivity index (χ0v) is 11.1. The molecule has 0 saturated carbocycles. The lowest BCUT2D eigenvalue weighted by molar-refractivity contribution is 0.101. The van der Waals surface area contributed by atoms with E-state index in [4.69, 9.17) is 5.73 Å². The molecule has 0 aliphatic rings. The molecule has 0 fully saturated rings. The maximum atomic E-state index is 11.4. The van der Waals surface area contributed by atoms with Crippen LogP contribution < -0.4 is 11.1 Å². The highest BCUT2D eigenvalue weighted by atomic mass is 16.1. The van der Waals surface area contributed by atoms with Gasteiger partial charge in [0.05, 0.1) is 0 Å². The Balaban J connectivity index is 1.96. The first kappa shape index (κ1) is 13.1. The third-order valence-corrected chi connectivity index (χ3v) is 2.76. The van der Waals surface area contributed by atoms with E-state index in [1.54, 1.807) is 23.1 Å². The normalized spacial score (nSPS) is 10.4. The Morgan fingerprint density at radius 2 is 2.26 bits per heavy atom. The van der Waals surface area contributed by atoms with E-state index < -0.39 is 0 Å². The van der Waals surface area contributed by atoms with Crippen LogP contribution in [0, 0.1) is 0 Å². The fraction of sp³-hybridized carbons (Fsp3) is 0.308. The van der Waals surface area contributed by atoms with E-state index in [1.165, 1.54) is 6.92 Å². The molecule has 0 amide bonds. The molecule has 0 aliphatic carbocycles. The van der Waals surface area contributed by atoms with Gasteiger partial charge in [0, 0.05) is 37.0 Å². The fourth-order valence-electron chi connectivity index (χ4n) is 1.79. The number of carbonyl (C=O) groups is 1. The van der Waals surface area contributed by atoms with E-state index in [1.807, 2.05) is 13.1 Å². The van der Waals surface area contributed by atoms with E-state index in [9.17, 15) is 4.79 Å². The van der Waals surface area contributed by atoms with Gasteiger partial charge in [-0.15, -0.1) is 0 Å². The highest BCUT2D eigenvalue weighted by molar-refractivity contribution is 5.99. The van der Waals surface area contributed by atoms with Gasteiger partial charge in [0.25, 0.3) is 0 Å². The molecule has 1 heterocycles. The number of benzene rings is 1. The number of hydrogen-bond donors (Lipinski definition) is 2. The number of carbonyl (C=O) groups excluding carboxylic acids is 1. The zero-order valence-electron chi connectivity index (χ0n) is 11.1. The van der Waals surface area contributed by atoms with Gasteiger partial charge >= 0.3 is 0 Å². The van der Waals surface area contributed by atoms with Crippen molar-refractivity contribution >= 4 is 17.2 Å². The van der Waals surface area contributed by atoms with Crippen molar-refractivity contribution in [3.05, 3.63) is 35.9 Å². The SMILES string of the molecule is CC(=O)c1cc(NCCc2ncn(C)n2)ccc1N. The van der Waals surface area contributed by atoms with Crippen LogP contribution in [0.5, 0.6) is 0 Å². The van der Waals surface area contributed by atoms with Crippen LogP contribution in [0.1, 0.15) is 23.1 Å². The smallest absolute Gasteiger partial charge is 0.161 e. The quantitative estimate of drug-likeness (QED) is 0.623. The Bertz CT molecular complexity index is 590. The first-order valence-electron chi connectivity index (χ1n) is 6.05. The number of anilines is 2. The Morgan fingerprint density at radius 1 is 1.47 bits per heavy atom. The second-order valence-electron chi connectivity index (χ2n) is 4.37. The largest absolute Gasteiger partial charge is 0.398 e. The van der Waals surface area contributed by atoms with E-state index >= 15 is 0 Å². The second kappa shape index (κ2) is 5.51. The van der Waals surface area contributed by atoms with Crippen molar-refractivity contribution in [3.8, 4) is 0 Å². The summed E-state index contributed by atoms with van der Waals surface area (Å²) in [5.41, 5.74) is 7.66. The molecular formula is C13H17N5O. The molecule has 0 radical (unpaired) electrons. The van der Waals surface area contributed by atoms with Crippen LogP contribution in [-0.2, 0) is 13.5 Å². The highest BCUT2D eigenvalue weighted by Crippen LogP contribution is 2.18. The summed E-state index contributed by atoms with van der Waals surface area (Å²) in [6.07, 6.45) is 2.40. The predicted molar refractivity (Wildman–Crippen MR) is 74.1 cm³/mol. The highest BCUT2D eigenvalue weighted by Gasteiger charge is 2.06. The van der Waals surface area contributed by atoms with Gasteiger partial charge < -0.3 is 11.1 Å². The average molecular weight is 259 g/mol. The van der Waals surface area contributed by atoms with Gasteiger partial charge in [-0.1, -0.05) is 0 Å². The topological polar surface area (TPSA) is 85.8 Å². The number of aromatic nitrogens is 3. The minimum absolute atomic E-state index is 0.0347. The number of aryl methyl sites for hydroxylation is 1. The van der Waals surface area contributed by atoms with Crippen molar-refractivity contribution in [1.82, 2.24) is 14.8 Å². The van der Waals surface area contributed by atoms with E-state index in [0.717, 1.165) is 17.9 Å². The average Bonchev–Trinajstić information content (AvgIpc) is 2.77. The van der Waals surface area contributed by atoms with Gasteiger partial charge in [0.1, 0.15) is 6.33 Å². The zero-order chi connectivity index (χ0) is 13.8. The lowest BCUT2D eigenvalue weighted by atomic mass is 10.1. The van der Waals surface area contributed by atoms with Crippen molar-refractivity contribution in [2.45, 2.75) is 13.3 Å². The van der Waals surface area contributed by atoms with Gasteiger partial charge in [-0.25, -0.2) is 4.98 Å². The number of nitrogens with two attached hydrogens (primary N) is 1. The molecule has 0 saturated heterocycles. The first-order valence-corrected chi connectivity index (χ1v) is 6.05. The van der Waals surface area contributed by atoms with Gasteiger partial charge in [-0.3, -0.25) is 9.48 Å². The summed E-state index contributed by atoms with van der Waals surface area (Å²) >= 11 is 0. The monoisotopic (exact) mass is 259 g/mol. The maximum absolute atomic E-state index is 11.4. The van der Waals surface area contributed by atoms with Crippen LogP contribution in [0.25, 0.3) is 0 Å². The molecule has 0 spiro atoms. The van der Waals surface area contributed by atoms with Crippen LogP contribution in [0.15, 0.2) is 24.5 Å². The summed E-state index contributed by atoms with van der Waals surface area (Å²) in [5.74, 6) is 0.754. The molecule has 19 heavy (non-hydrogen) atoms. The third kappa shape index (κ3) is 3.31. The summed E-state index contributed by atoms with van der Waals surface area (Å²) in [5, 5.41) is 7.42. The molecule has 100 valence electrons. The first-order chi connectivity index (χ1) is 9.06. The number of rotatable bonds is 5. The summed E-state index contributed by atoms with van der Waals surface area (Å²) in [6.45, 7) is 2.21. The van der Waals surface area contributed by atoms with Crippen molar-refractivity contribution < 1.29 is 4.79 Å². The lowest BCUT2D eigenvalue weighted by Gasteiger charge is -2.08. The number of Topliss-reactive ketones (excluding diaryl/α,β-unsaturated/α-hetero) is 1. The fourth-order valence-corrected chi connectivity index (χ4v) is 1.79. The van der Waals surface area contributed by atoms with Crippen LogP contribution in [0.4, 0.5) is 11.4 Å². The summed E-state index contributed by atoms with van der Waals surface area (Å²) in [4.78, 5) is 15.5. The predicted octanol–water partition coefficient (Wildman–Crippen LogP) is 1.25. The third-order valence-electron chi connectivity index (χ3n) is 2.76. The molecule has 0 atom stereocenters. The summed E-state index contributed by atoms with van der Waals surface area (Å²) < 4.78 is 1.67. The van der Waals surface area contributed by atoms with Gasteiger partial charge in [0.15, 0.2) is 11.6 Å². The standard InChI is InChI=1S/C13H17N5O/c1-9(19)11-7-10(3-4-12(11)14)15-6-5-13-16-8-18(2)17-13/h3-4,7-8,15H,5-6,14H2,1-2H3. The number of nitrogens with zero attached hydrogens (tertiary/aromatic N) is 3. The molecule has 6 heteroatoms. The number of nitrogens with one attached hydrogen (secondary N) is 1. The minimum atomic E-state index is -0.0347. The summed E-state index contributed by atoms with van der Waals surface area (Å²) in [6, 6.07) is 5.36. The molecule has 0 bridgehead atoms.